The van der Waals surface area contributed by atoms with Gasteiger partial charge in [-0.3, -0.25) is 0 Å². The van der Waals surface area contributed by atoms with Gasteiger partial charge in [0.2, 0.25) is 5.76 Å². The van der Waals surface area contributed by atoms with E-state index in [9.17, 15) is 4.79 Å². The number of aromatic nitrogens is 1. The topological polar surface area (TPSA) is 63.3 Å². The van der Waals surface area contributed by atoms with E-state index in [1.54, 1.807) is 11.8 Å². The number of carbonyl (C=O) groups is 1. The lowest BCUT2D eigenvalue weighted by Gasteiger charge is -2.19. The van der Waals surface area contributed by atoms with Crippen LogP contribution in [0.1, 0.15) is 53.6 Å². The SMILES string of the molecule is CCc1nc(C2CCCCS2)c(C(=O)O)o1. The smallest absolute Gasteiger partial charge is 0.373 e. The van der Waals surface area contributed by atoms with Crippen molar-refractivity contribution in [1.29, 1.82) is 0 Å². The van der Waals surface area contributed by atoms with Gasteiger partial charge in [0, 0.05) is 6.42 Å². The molecule has 1 atom stereocenters. The van der Waals surface area contributed by atoms with Crippen molar-refractivity contribution in [1.82, 2.24) is 4.98 Å². The summed E-state index contributed by atoms with van der Waals surface area (Å²) in [7, 11) is 0. The molecule has 1 fully saturated rings. The van der Waals surface area contributed by atoms with Gasteiger partial charge in [-0.2, -0.15) is 11.8 Å². The van der Waals surface area contributed by atoms with Crippen molar-refractivity contribution < 1.29 is 14.3 Å². The van der Waals surface area contributed by atoms with Gasteiger partial charge in [-0.1, -0.05) is 13.3 Å². The van der Waals surface area contributed by atoms with Crippen LogP contribution in [0, 0.1) is 0 Å². The summed E-state index contributed by atoms with van der Waals surface area (Å²) in [5, 5.41) is 9.26. The van der Waals surface area contributed by atoms with Crippen molar-refractivity contribution in [2.75, 3.05) is 5.75 Å². The zero-order valence-corrected chi connectivity index (χ0v) is 10.0. The number of carboxylic acid groups (broad SMARTS) is 1. The lowest BCUT2D eigenvalue weighted by atomic mass is 10.1. The van der Waals surface area contributed by atoms with Crippen molar-refractivity contribution in [2.45, 2.75) is 37.9 Å². The number of carboxylic acids is 1. The second-order valence-corrected chi connectivity index (χ2v) is 5.15. The Morgan fingerprint density at radius 3 is 3.00 bits per heavy atom. The van der Waals surface area contributed by atoms with E-state index in [4.69, 9.17) is 9.52 Å². The Bertz CT molecular complexity index is 383. The normalized spacial score (nSPS) is 20.9. The maximum absolute atomic E-state index is 11.1. The van der Waals surface area contributed by atoms with E-state index in [1.807, 2.05) is 6.92 Å². The van der Waals surface area contributed by atoms with Crippen LogP contribution in [0.3, 0.4) is 0 Å². The molecule has 2 heterocycles. The van der Waals surface area contributed by atoms with Crippen LogP contribution in [0.4, 0.5) is 0 Å². The summed E-state index contributed by atoms with van der Waals surface area (Å²) < 4.78 is 5.25. The average molecular weight is 241 g/mol. The molecular weight excluding hydrogens is 226 g/mol. The summed E-state index contributed by atoms with van der Waals surface area (Å²) in [5.74, 6) is 0.640. The van der Waals surface area contributed by atoms with Crippen LogP contribution in [-0.4, -0.2) is 21.8 Å². The molecule has 1 aliphatic heterocycles. The number of nitrogens with zero attached hydrogens (tertiary/aromatic N) is 1. The van der Waals surface area contributed by atoms with Crippen molar-refractivity contribution in [2.24, 2.45) is 0 Å². The van der Waals surface area contributed by atoms with E-state index in [0.29, 0.717) is 18.0 Å². The van der Waals surface area contributed by atoms with Crippen LogP contribution in [0.25, 0.3) is 0 Å². The highest BCUT2D eigenvalue weighted by Gasteiger charge is 2.27. The number of aryl methyl sites for hydroxylation is 1. The van der Waals surface area contributed by atoms with Crippen LogP contribution >= 0.6 is 11.8 Å². The zero-order chi connectivity index (χ0) is 11.5. The zero-order valence-electron chi connectivity index (χ0n) is 9.23. The molecule has 1 aromatic rings. The highest BCUT2D eigenvalue weighted by Crippen LogP contribution is 2.39. The first-order valence-electron chi connectivity index (χ1n) is 5.57. The lowest BCUT2D eigenvalue weighted by Crippen LogP contribution is -2.07. The van der Waals surface area contributed by atoms with E-state index in [2.05, 4.69) is 4.98 Å². The first-order valence-corrected chi connectivity index (χ1v) is 6.61. The first-order chi connectivity index (χ1) is 7.72. The molecular formula is C11H15NO3S. The van der Waals surface area contributed by atoms with E-state index >= 15 is 0 Å². The van der Waals surface area contributed by atoms with Crippen LogP contribution in [0.5, 0.6) is 0 Å². The molecule has 1 aromatic heterocycles. The predicted molar refractivity (Wildman–Crippen MR) is 61.9 cm³/mol. The van der Waals surface area contributed by atoms with Crippen LogP contribution < -0.4 is 0 Å². The molecule has 4 nitrogen and oxygen atoms in total. The van der Waals surface area contributed by atoms with Gasteiger partial charge in [-0.25, -0.2) is 9.78 Å². The fourth-order valence-electron chi connectivity index (χ4n) is 1.86. The van der Waals surface area contributed by atoms with Crippen LogP contribution in [0.2, 0.25) is 0 Å². The monoisotopic (exact) mass is 241 g/mol. The second kappa shape index (κ2) is 4.91. The van der Waals surface area contributed by atoms with Gasteiger partial charge in [0.1, 0.15) is 5.69 Å². The number of hydrogen-bond donors (Lipinski definition) is 1. The maximum atomic E-state index is 11.1. The number of aromatic carboxylic acids is 1. The Kier molecular flexibility index (Phi) is 3.53. The third kappa shape index (κ3) is 2.24. The fraction of sp³-hybridized carbons (Fsp3) is 0.636. The molecule has 16 heavy (non-hydrogen) atoms. The standard InChI is InChI=1S/C11H15NO3S/c1-2-8-12-9(10(15-8)11(13)14)7-5-3-4-6-16-7/h7H,2-6H2,1H3,(H,13,14). The molecule has 1 saturated heterocycles. The predicted octanol–water partition coefficient (Wildman–Crippen LogP) is 2.89. The minimum Gasteiger partial charge on any atom is -0.475 e. The highest BCUT2D eigenvalue weighted by molar-refractivity contribution is 7.99. The first kappa shape index (κ1) is 11.5. The lowest BCUT2D eigenvalue weighted by molar-refractivity contribution is 0.0658. The molecule has 0 bridgehead atoms. The molecule has 0 radical (unpaired) electrons. The highest BCUT2D eigenvalue weighted by atomic mass is 32.2. The molecule has 0 spiro atoms. The van der Waals surface area contributed by atoms with E-state index in [0.717, 1.165) is 18.6 Å². The molecule has 2 rings (SSSR count). The van der Waals surface area contributed by atoms with Gasteiger partial charge < -0.3 is 9.52 Å². The number of hydrogen-bond acceptors (Lipinski definition) is 4. The van der Waals surface area contributed by atoms with E-state index in [-0.39, 0.29) is 11.0 Å². The quantitative estimate of drug-likeness (QED) is 0.881. The molecule has 0 aliphatic carbocycles. The van der Waals surface area contributed by atoms with Crippen molar-refractivity contribution in [3.05, 3.63) is 17.3 Å². The third-order valence-electron chi connectivity index (χ3n) is 2.68. The summed E-state index contributed by atoms with van der Waals surface area (Å²) in [6, 6.07) is 0. The van der Waals surface area contributed by atoms with E-state index in [1.165, 1.54) is 6.42 Å². The third-order valence-corrected chi connectivity index (χ3v) is 4.06. The maximum Gasteiger partial charge on any atom is 0.373 e. The van der Waals surface area contributed by atoms with Gasteiger partial charge in [-0.05, 0) is 18.6 Å². The van der Waals surface area contributed by atoms with Crippen molar-refractivity contribution in [3.63, 3.8) is 0 Å². The summed E-state index contributed by atoms with van der Waals surface area (Å²) in [5.41, 5.74) is 0.633. The van der Waals surface area contributed by atoms with Gasteiger partial charge in [0.25, 0.3) is 0 Å². The number of rotatable bonds is 3. The Morgan fingerprint density at radius 2 is 2.44 bits per heavy atom. The Hall–Kier alpha value is -0.970. The van der Waals surface area contributed by atoms with E-state index < -0.39 is 5.97 Å². The van der Waals surface area contributed by atoms with Crippen LogP contribution in [-0.2, 0) is 6.42 Å². The molecule has 0 saturated carbocycles. The summed E-state index contributed by atoms with van der Waals surface area (Å²) in [6.45, 7) is 1.91. The van der Waals surface area contributed by atoms with Gasteiger partial charge in [-0.15, -0.1) is 0 Å². The second-order valence-electron chi connectivity index (χ2n) is 3.84. The molecule has 0 aromatic carbocycles. The molecule has 1 N–H and O–H groups in total. The molecule has 5 heteroatoms. The minimum absolute atomic E-state index is 0.0382. The Labute approximate surface area is 98.4 Å². The summed E-state index contributed by atoms with van der Waals surface area (Å²) >= 11 is 1.79. The fourth-order valence-corrected chi connectivity index (χ4v) is 3.16. The number of thioether (sulfide) groups is 1. The molecule has 88 valence electrons. The Balaban J connectivity index is 2.29. The van der Waals surface area contributed by atoms with Gasteiger partial charge in [0.05, 0.1) is 5.25 Å². The van der Waals surface area contributed by atoms with Crippen molar-refractivity contribution in [3.8, 4) is 0 Å². The Morgan fingerprint density at radius 1 is 1.62 bits per heavy atom. The van der Waals surface area contributed by atoms with Gasteiger partial charge >= 0.3 is 5.97 Å². The number of oxazole rings is 1. The molecule has 1 aliphatic rings. The van der Waals surface area contributed by atoms with Crippen molar-refractivity contribution >= 4 is 17.7 Å². The summed E-state index contributed by atoms with van der Waals surface area (Å²) in [4.78, 5) is 15.4. The van der Waals surface area contributed by atoms with Gasteiger partial charge in [0.15, 0.2) is 5.89 Å². The molecule has 0 amide bonds. The minimum atomic E-state index is -1.01. The van der Waals surface area contributed by atoms with Crippen LogP contribution in [0.15, 0.2) is 4.42 Å². The summed E-state index contributed by atoms with van der Waals surface area (Å²) in [6.07, 6.45) is 3.99. The average Bonchev–Trinajstić information content (AvgIpc) is 2.74. The molecule has 1 unspecified atom stereocenters. The largest absolute Gasteiger partial charge is 0.475 e.